The van der Waals surface area contributed by atoms with Crippen LogP contribution in [0.2, 0.25) is 0 Å². The predicted octanol–water partition coefficient (Wildman–Crippen LogP) is 3.13. The molecule has 2 aromatic carbocycles. The molecule has 1 heterocycles. The lowest BCUT2D eigenvalue weighted by molar-refractivity contribution is -0.126. The van der Waals surface area contributed by atoms with E-state index in [0.717, 1.165) is 22.4 Å². The third kappa shape index (κ3) is 5.93. The van der Waals surface area contributed by atoms with Gasteiger partial charge in [0.05, 0.1) is 18.0 Å². The first-order valence-electron chi connectivity index (χ1n) is 11.3. The summed E-state index contributed by atoms with van der Waals surface area (Å²) in [7, 11) is 2.05. The molecule has 0 spiro atoms. The molecule has 2 aromatic rings. The van der Waals surface area contributed by atoms with Gasteiger partial charge in [-0.15, -0.1) is 0 Å². The van der Waals surface area contributed by atoms with Gasteiger partial charge in [0.2, 0.25) is 15.9 Å². The monoisotopic (exact) mass is 473 g/mol. The van der Waals surface area contributed by atoms with E-state index in [1.807, 2.05) is 58.3 Å². The number of aryl methyl sites for hydroxylation is 2. The van der Waals surface area contributed by atoms with E-state index in [1.54, 1.807) is 19.2 Å². The van der Waals surface area contributed by atoms with Crippen molar-refractivity contribution < 1.29 is 17.9 Å². The zero-order valence-electron chi connectivity index (χ0n) is 20.2. The minimum absolute atomic E-state index is 0.00861. The Bertz CT molecular complexity index is 1080. The van der Waals surface area contributed by atoms with E-state index >= 15 is 0 Å². The summed E-state index contributed by atoms with van der Waals surface area (Å²) in [4.78, 5) is 15.2. The summed E-state index contributed by atoms with van der Waals surface area (Å²) in [5.41, 5.74) is 3.08. The second kappa shape index (κ2) is 10.7. The fraction of sp³-hybridized carbons (Fsp3) is 0.480. The van der Waals surface area contributed by atoms with Crippen LogP contribution < -0.4 is 10.1 Å². The normalized spacial score (nSPS) is 16.5. The quantitative estimate of drug-likeness (QED) is 0.637. The van der Waals surface area contributed by atoms with Gasteiger partial charge in [-0.05, 0) is 81.7 Å². The Balaban J connectivity index is 1.58. The lowest BCUT2D eigenvalue weighted by Crippen LogP contribution is -2.44. The van der Waals surface area contributed by atoms with Crippen LogP contribution in [0.15, 0.2) is 47.4 Å². The number of rotatable bonds is 8. The third-order valence-electron chi connectivity index (χ3n) is 6.51. The first-order valence-corrected chi connectivity index (χ1v) is 12.7. The van der Waals surface area contributed by atoms with Crippen LogP contribution in [-0.4, -0.2) is 64.4 Å². The molecule has 8 heteroatoms. The van der Waals surface area contributed by atoms with E-state index in [0.29, 0.717) is 37.4 Å². The molecule has 1 amide bonds. The summed E-state index contributed by atoms with van der Waals surface area (Å²) in [6.07, 6.45) is 1.03. The first kappa shape index (κ1) is 25.2. The second-order valence-corrected chi connectivity index (χ2v) is 10.9. The van der Waals surface area contributed by atoms with Gasteiger partial charge in [-0.1, -0.05) is 18.2 Å². The molecule has 0 unspecified atom stereocenters. The van der Waals surface area contributed by atoms with Crippen LogP contribution in [-0.2, 0) is 14.8 Å². The van der Waals surface area contributed by atoms with E-state index in [1.165, 1.54) is 4.31 Å². The molecule has 3 rings (SSSR count). The van der Waals surface area contributed by atoms with Crippen LogP contribution in [0.25, 0.3) is 0 Å². The molecule has 33 heavy (non-hydrogen) atoms. The summed E-state index contributed by atoms with van der Waals surface area (Å²) >= 11 is 0. The Morgan fingerprint density at radius 1 is 1.12 bits per heavy atom. The molecule has 1 aliphatic rings. The smallest absolute Gasteiger partial charge is 0.243 e. The Kier molecular flexibility index (Phi) is 8.15. The molecule has 1 fully saturated rings. The molecule has 0 bridgehead atoms. The average Bonchev–Trinajstić information content (AvgIpc) is 2.80. The minimum Gasteiger partial charge on any atom is -0.497 e. The highest BCUT2D eigenvalue weighted by atomic mass is 32.2. The number of carbonyl (C=O) groups excluding carboxylic acids is 1. The summed E-state index contributed by atoms with van der Waals surface area (Å²) < 4.78 is 32.9. The van der Waals surface area contributed by atoms with Crippen molar-refractivity contribution in [3.05, 3.63) is 59.2 Å². The summed E-state index contributed by atoms with van der Waals surface area (Å²) in [5, 5.41) is 3.08. The largest absolute Gasteiger partial charge is 0.497 e. The van der Waals surface area contributed by atoms with Crippen LogP contribution >= 0.6 is 0 Å². The summed E-state index contributed by atoms with van der Waals surface area (Å²) in [6.45, 7) is 5.04. The topological polar surface area (TPSA) is 79.0 Å². The fourth-order valence-corrected chi connectivity index (χ4v) is 5.73. The van der Waals surface area contributed by atoms with Crippen molar-refractivity contribution in [3.63, 3.8) is 0 Å². The number of amides is 1. The number of hydrogen-bond donors (Lipinski definition) is 1. The molecular formula is C25H35N3O4S. The van der Waals surface area contributed by atoms with Crippen molar-refractivity contribution in [3.8, 4) is 5.75 Å². The SMILES string of the molecule is COc1cccc([C@@H](CNC(=O)C2CCN(S(=O)(=O)c3ccc(C)c(C)c3)CC2)N(C)C)c1. The van der Waals surface area contributed by atoms with Gasteiger partial charge in [0.1, 0.15) is 5.75 Å². The number of likely N-dealkylation sites (N-methyl/N-ethyl adjacent to an activating group) is 1. The van der Waals surface area contributed by atoms with Crippen LogP contribution in [0, 0.1) is 19.8 Å². The number of sulfonamides is 1. The van der Waals surface area contributed by atoms with Crippen LogP contribution in [0.4, 0.5) is 0 Å². The molecule has 0 aliphatic carbocycles. The second-order valence-electron chi connectivity index (χ2n) is 8.93. The summed E-state index contributed by atoms with van der Waals surface area (Å²) in [6, 6.07) is 13.1. The average molecular weight is 474 g/mol. The lowest BCUT2D eigenvalue weighted by Gasteiger charge is -2.31. The van der Waals surface area contributed by atoms with Gasteiger partial charge < -0.3 is 15.0 Å². The highest BCUT2D eigenvalue weighted by molar-refractivity contribution is 7.89. The predicted molar refractivity (Wildman–Crippen MR) is 130 cm³/mol. The number of benzene rings is 2. The van der Waals surface area contributed by atoms with E-state index in [9.17, 15) is 13.2 Å². The third-order valence-corrected chi connectivity index (χ3v) is 8.41. The molecule has 1 saturated heterocycles. The van der Waals surface area contributed by atoms with Gasteiger partial charge >= 0.3 is 0 Å². The lowest BCUT2D eigenvalue weighted by atomic mass is 9.97. The number of ether oxygens (including phenoxy) is 1. The number of piperidine rings is 1. The number of nitrogens with zero attached hydrogens (tertiary/aromatic N) is 2. The number of hydrogen-bond acceptors (Lipinski definition) is 5. The highest BCUT2D eigenvalue weighted by Gasteiger charge is 2.32. The maximum Gasteiger partial charge on any atom is 0.243 e. The van der Waals surface area contributed by atoms with Crippen molar-refractivity contribution in [2.24, 2.45) is 5.92 Å². The van der Waals surface area contributed by atoms with Crippen molar-refractivity contribution in [2.75, 3.05) is 40.8 Å². The van der Waals surface area contributed by atoms with Crippen molar-refractivity contribution in [1.29, 1.82) is 0 Å². The van der Waals surface area contributed by atoms with E-state index < -0.39 is 10.0 Å². The number of carbonyl (C=O) groups is 1. The van der Waals surface area contributed by atoms with Gasteiger partial charge in [-0.2, -0.15) is 4.31 Å². The zero-order chi connectivity index (χ0) is 24.2. The van der Waals surface area contributed by atoms with E-state index in [-0.39, 0.29) is 17.9 Å². The molecule has 0 saturated carbocycles. The molecule has 0 radical (unpaired) electrons. The molecular weight excluding hydrogens is 438 g/mol. The summed E-state index contributed by atoms with van der Waals surface area (Å²) in [5.74, 6) is 0.570. The van der Waals surface area contributed by atoms with Gasteiger partial charge in [0.25, 0.3) is 0 Å². The first-order chi connectivity index (χ1) is 15.6. The van der Waals surface area contributed by atoms with Gasteiger partial charge in [0.15, 0.2) is 0 Å². The Hall–Kier alpha value is -2.42. The highest BCUT2D eigenvalue weighted by Crippen LogP contribution is 2.26. The van der Waals surface area contributed by atoms with Crippen molar-refractivity contribution in [2.45, 2.75) is 37.6 Å². The molecule has 1 aliphatic heterocycles. The fourth-order valence-electron chi connectivity index (χ4n) is 4.17. The molecule has 180 valence electrons. The van der Waals surface area contributed by atoms with E-state index in [2.05, 4.69) is 10.2 Å². The molecule has 0 aromatic heterocycles. The van der Waals surface area contributed by atoms with Gasteiger partial charge in [0, 0.05) is 25.6 Å². The molecule has 1 N–H and O–H groups in total. The standard InChI is InChI=1S/C25H35N3O4S/c1-18-9-10-23(15-19(18)2)33(30,31)28-13-11-20(12-14-28)25(29)26-17-24(27(3)4)21-7-6-8-22(16-21)32-5/h6-10,15-16,20,24H,11-14,17H2,1-5H3,(H,26,29)/t24-/m1/s1. The van der Waals surface area contributed by atoms with Crippen LogP contribution in [0.5, 0.6) is 5.75 Å². The number of methoxy groups -OCH3 is 1. The zero-order valence-corrected chi connectivity index (χ0v) is 21.0. The Morgan fingerprint density at radius 3 is 2.42 bits per heavy atom. The Morgan fingerprint density at radius 2 is 1.82 bits per heavy atom. The maximum atomic E-state index is 13.0. The van der Waals surface area contributed by atoms with Crippen LogP contribution in [0.1, 0.15) is 35.6 Å². The van der Waals surface area contributed by atoms with Crippen molar-refractivity contribution in [1.82, 2.24) is 14.5 Å². The molecule has 1 atom stereocenters. The van der Waals surface area contributed by atoms with Gasteiger partial charge in [-0.3, -0.25) is 4.79 Å². The number of nitrogens with one attached hydrogen (secondary N) is 1. The molecule has 7 nitrogen and oxygen atoms in total. The van der Waals surface area contributed by atoms with Crippen LogP contribution in [0.3, 0.4) is 0 Å². The van der Waals surface area contributed by atoms with Crippen molar-refractivity contribution >= 4 is 15.9 Å². The van der Waals surface area contributed by atoms with E-state index in [4.69, 9.17) is 4.74 Å². The minimum atomic E-state index is -3.55. The van der Waals surface area contributed by atoms with Gasteiger partial charge in [-0.25, -0.2) is 8.42 Å². The maximum absolute atomic E-state index is 13.0. The Labute approximate surface area is 197 Å².